The first-order valence-electron chi connectivity index (χ1n) is 8.94. The van der Waals surface area contributed by atoms with Crippen LogP contribution in [0.1, 0.15) is 24.4 Å². The second kappa shape index (κ2) is 7.88. The zero-order chi connectivity index (χ0) is 20.4. The number of hydrogen-bond donors (Lipinski definition) is 1. The van der Waals surface area contributed by atoms with Crippen LogP contribution in [-0.2, 0) is 11.3 Å². The number of nitrogens with one attached hydrogen (secondary N) is 1. The quantitative estimate of drug-likeness (QED) is 0.522. The van der Waals surface area contributed by atoms with E-state index in [1.807, 2.05) is 17.5 Å². The van der Waals surface area contributed by atoms with Gasteiger partial charge in [-0.2, -0.15) is 5.10 Å². The Morgan fingerprint density at radius 3 is 2.83 bits per heavy atom. The van der Waals surface area contributed by atoms with Gasteiger partial charge in [-0.05, 0) is 37.4 Å². The van der Waals surface area contributed by atoms with E-state index in [1.165, 1.54) is 28.3 Å². The molecule has 1 atom stereocenters. The van der Waals surface area contributed by atoms with Crippen LogP contribution in [0.4, 0.5) is 0 Å². The number of thiophene rings is 1. The van der Waals surface area contributed by atoms with Gasteiger partial charge in [-0.25, -0.2) is 4.68 Å². The molecule has 0 spiro atoms. The lowest BCUT2D eigenvalue weighted by atomic mass is 10.1. The molecule has 8 nitrogen and oxygen atoms in total. The van der Waals surface area contributed by atoms with Gasteiger partial charge in [0.1, 0.15) is 17.5 Å². The summed E-state index contributed by atoms with van der Waals surface area (Å²) in [6.07, 6.45) is 1.54. The van der Waals surface area contributed by atoms with Gasteiger partial charge in [-0.15, -0.1) is 11.3 Å². The third-order valence-electron chi connectivity index (χ3n) is 4.37. The van der Waals surface area contributed by atoms with Crippen molar-refractivity contribution in [3.05, 3.63) is 69.8 Å². The van der Waals surface area contributed by atoms with Crippen LogP contribution < -0.4 is 10.9 Å². The topological polar surface area (TPSA) is 103 Å². The number of aromatic nitrogens is 3. The maximum absolute atomic E-state index is 12.8. The van der Waals surface area contributed by atoms with Crippen molar-refractivity contribution in [2.45, 2.75) is 26.4 Å². The molecule has 9 heteroatoms. The summed E-state index contributed by atoms with van der Waals surface area (Å²) in [5.41, 5.74) is 1.39. The van der Waals surface area contributed by atoms with Crippen LogP contribution in [0.3, 0.4) is 0 Å². The Kier molecular flexibility index (Phi) is 5.13. The van der Waals surface area contributed by atoms with Crippen molar-refractivity contribution in [3.63, 3.8) is 0 Å². The van der Waals surface area contributed by atoms with Crippen molar-refractivity contribution >= 4 is 17.2 Å². The first kappa shape index (κ1) is 18.9. The minimum absolute atomic E-state index is 0.234. The summed E-state index contributed by atoms with van der Waals surface area (Å²) in [6, 6.07) is 9.67. The Labute approximate surface area is 169 Å². The lowest BCUT2D eigenvalue weighted by molar-refractivity contribution is -0.124. The minimum atomic E-state index is -0.804. The molecule has 1 amide bonds. The van der Waals surface area contributed by atoms with Gasteiger partial charge in [-0.1, -0.05) is 11.2 Å². The van der Waals surface area contributed by atoms with Crippen molar-refractivity contribution in [2.24, 2.45) is 0 Å². The summed E-state index contributed by atoms with van der Waals surface area (Å²) in [5, 5.41) is 13.1. The van der Waals surface area contributed by atoms with Crippen LogP contribution >= 0.6 is 11.3 Å². The summed E-state index contributed by atoms with van der Waals surface area (Å²) >= 11 is 1.48. The largest absolute Gasteiger partial charge is 0.467 e. The summed E-state index contributed by atoms with van der Waals surface area (Å²) in [6.45, 7) is 3.67. The van der Waals surface area contributed by atoms with Crippen LogP contribution in [0, 0.1) is 6.92 Å². The molecule has 0 aliphatic carbocycles. The molecule has 4 rings (SSSR count). The lowest BCUT2D eigenvalue weighted by Gasteiger charge is -2.15. The number of carbonyl (C=O) groups is 1. The molecule has 1 N–H and O–H groups in total. The fraction of sp³-hybridized carbons (Fsp3) is 0.200. The number of nitrogens with zero attached hydrogens (tertiary/aromatic N) is 3. The SMILES string of the molecule is Cc1cc(-c2cc(=O)n([C@H](C)C(=O)NCc3ccco3)nc2-c2cccs2)on1. The van der Waals surface area contributed by atoms with Gasteiger partial charge in [0.25, 0.3) is 5.56 Å². The van der Waals surface area contributed by atoms with Gasteiger partial charge in [0.2, 0.25) is 5.91 Å². The van der Waals surface area contributed by atoms with E-state index in [9.17, 15) is 9.59 Å². The fourth-order valence-corrected chi connectivity index (χ4v) is 3.59. The van der Waals surface area contributed by atoms with Crippen molar-refractivity contribution < 1.29 is 13.7 Å². The summed E-state index contributed by atoms with van der Waals surface area (Å²) in [5.74, 6) is 0.745. The maximum Gasteiger partial charge on any atom is 0.268 e. The van der Waals surface area contributed by atoms with Crippen LogP contribution in [-0.4, -0.2) is 20.8 Å². The molecule has 4 aromatic heterocycles. The van der Waals surface area contributed by atoms with Crippen molar-refractivity contribution in [1.29, 1.82) is 0 Å². The van der Waals surface area contributed by atoms with E-state index in [1.54, 1.807) is 32.0 Å². The first-order valence-corrected chi connectivity index (χ1v) is 9.82. The number of amides is 1. The highest BCUT2D eigenvalue weighted by molar-refractivity contribution is 7.13. The zero-order valence-corrected chi connectivity index (χ0v) is 16.6. The molecule has 0 saturated heterocycles. The van der Waals surface area contributed by atoms with Crippen LogP contribution in [0.2, 0.25) is 0 Å². The van der Waals surface area contributed by atoms with E-state index in [0.29, 0.717) is 28.5 Å². The number of carbonyl (C=O) groups excluding carboxylic acids is 1. The van der Waals surface area contributed by atoms with E-state index in [-0.39, 0.29) is 12.5 Å². The highest BCUT2D eigenvalue weighted by Gasteiger charge is 2.22. The highest BCUT2D eigenvalue weighted by Crippen LogP contribution is 2.32. The van der Waals surface area contributed by atoms with E-state index in [0.717, 1.165) is 4.88 Å². The molecule has 4 heterocycles. The Hall–Kier alpha value is -3.46. The molecule has 0 bridgehead atoms. The summed E-state index contributed by atoms with van der Waals surface area (Å²) in [4.78, 5) is 26.2. The average Bonchev–Trinajstić information content (AvgIpc) is 3.47. The average molecular weight is 410 g/mol. The second-order valence-corrected chi connectivity index (χ2v) is 7.42. The molecular weight excluding hydrogens is 392 g/mol. The summed E-state index contributed by atoms with van der Waals surface area (Å²) < 4.78 is 11.7. The second-order valence-electron chi connectivity index (χ2n) is 6.47. The molecular formula is C20H18N4O4S. The van der Waals surface area contributed by atoms with Crippen molar-refractivity contribution in [2.75, 3.05) is 0 Å². The Morgan fingerprint density at radius 2 is 2.17 bits per heavy atom. The molecule has 0 saturated carbocycles. The van der Waals surface area contributed by atoms with Crippen LogP contribution in [0.5, 0.6) is 0 Å². The number of furan rings is 1. The third-order valence-corrected chi connectivity index (χ3v) is 5.24. The van der Waals surface area contributed by atoms with Gasteiger partial charge >= 0.3 is 0 Å². The predicted molar refractivity (Wildman–Crippen MR) is 107 cm³/mol. The Bertz CT molecular complexity index is 1180. The number of hydrogen-bond acceptors (Lipinski definition) is 7. The predicted octanol–water partition coefficient (Wildman–Crippen LogP) is 3.41. The van der Waals surface area contributed by atoms with Gasteiger partial charge in [0, 0.05) is 12.1 Å². The minimum Gasteiger partial charge on any atom is -0.467 e. The molecule has 0 fully saturated rings. The van der Waals surface area contributed by atoms with E-state index < -0.39 is 11.6 Å². The lowest BCUT2D eigenvalue weighted by Crippen LogP contribution is -2.36. The first-order chi connectivity index (χ1) is 14.0. The standard InChI is InChI=1S/C20H18N4O4S/c1-12-9-16(28-23-12)15-10-18(25)24(22-19(15)17-6-4-8-29-17)13(2)20(26)21-11-14-5-3-7-27-14/h3-10,13H,11H2,1-2H3,(H,21,26)/t13-/m1/s1. The molecule has 29 heavy (non-hydrogen) atoms. The molecule has 0 unspecified atom stereocenters. The highest BCUT2D eigenvalue weighted by atomic mass is 32.1. The fourth-order valence-electron chi connectivity index (χ4n) is 2.87. The Balaban J connectivity index is 1.69. The van der Waals surface area contributed by atoms with Crippen LogP contribution in [0.25, 0.3) is 21.9 Å². The third kappa shape index (κ3) is 3.90. The van der Waals surface area contributed by atoms with Gasteiger partial charge in [0.15, 0.2) is 5.76 Å². The molecule has 0 aliphatic rings. The van der Waals surface area contributed by atoms with Crippen LogP contribution in [0.15, 0.2) is 61.8 Å². The monoisotopic (exact) mass is 410 g/mol. The van der Waals surface area contributed by atoms with Gasteiger partial charge < -0.3 is 14.3 Å². The molecule has 0 aromatic carbocycles. The Morgan fingerprint density at radius 1 is 1.31 bits per heavy atom. The molecule has 0 radical (unpaired) electrons. The van der Waals surface area contributed by atoms with Gasteiger partial charge in [0.05, 0.1) is 28.9 Å². The van der Waals surface area contributed by atoms with Gasteiger partial charge in [-0.3, -0.25) is 9.59 Å². The van der Waals surface area contributed by atoms with Crippen molar-refractivity contribution in [3.8, 4) is 21.9 Å². The number of aryl methyl sites for hydroxylation is 1. The smallest absolute Gasteiger partial charge is 0.268 e. The normalized spacial score (nSPS) is 12.1. The summed E-state index contributed by atoms with van der Waals surface area (Å²) in [7, 11) is 0. The van der Waals surface area contributed by atoms with E-state index >= 15 is 0 Å². The van der Waals surface area contributed by atoms with E-state index in [4.69, 9.17) is 8.94 Å². The molecule has 0 aliphatic heterocycles. The molecule has 148 valence electrons. The van der Waals surface area contributed by atoms with Crippen molar-refractivity contribution in [1.82, 2.24) is 20.3 Å². The maximum atomic E-state index is 12.8. The molecule has 4 aromatic rings. The zero-order valence-electron chi connectivity index (χ0n) is 15.8. The number of rotatable bonds is 6. The van der Waals surface area contributed by atoms with E-state index in [2.05, 4.69) is 15.6 Å².